The van der Waals surface area contributed by atoms with Crippen LogP contribution in [-0.2, 0) is 0 Å². The van der Waals surface area contributed by atoms with Gasteiger partial charge in [0.15, 0.2) is 0 Å². The van der Waals surface area contributed by atoms with Crippen molar-refractivity contribution < 1.29 is 4.79 Å². The molecule has 4 heteroatoms. The third kappa shape index (κ3) is 2.24. The average Bonchev–Trinajstić information content (AvgIpc) is 3.37. The fourth-order valence-electron chi connectivity index (χ4n) is 3.32. The summed E-state index contributed by atoms with van der Waals surface area (Å²) < 4.78 is 0. The largest absolute Gasteiger partial charge is 0.384 e. The third-order valence-electron chi connectivity index (χ3n) is 4.92. The average molecular weight is 281 g/mol. The Kier molecular flexibility index (Phi) is 2.67. The number of nitrogen functional groups attached to an aromatic ring is 1. The second kappa shape index (κ2) is 4.45. The fraction of sp³-hybridized carbons (Fsp3) is 0.412. The van der Waals surface area contributed by atoms with Crippen molar-refractivity contribution in [2.45, 2.75) is 25.7 Å². The van der Waals surface area contributed by atoms with Crippen molar-refractivity contribution >= 4 is 22.6 Å². The zero-order valence-corrected chi connectivity index (χ0v) is 11.9. The second-order valence-corrected chi connectivity index (χ2v) is 6.43. The second-order valence-electron chi connectivity index (χ2n) is 6.43. The standard InChI is InChI=1S/C17H19N3O/c18-15-9-13(12-3-1-2-4-14(12)20-15)16(21)19-10-17(7-8-17)11-5-6-11/h1-4,9,11H,5-8,10H2,(H2,18,20)(H,19,21). The van der Waals surface area contributed by atoms with Crippen LogP contribution in [0.5, 0.6) is 0 Å². The predicted molar refractivity (Wildman–Crippen MR) is 82.9 cm³/mol. The van der Waals surface area contributed by atoms with Crippen LogP contribution < -0.4 is 11.1 Å². The number of rotatable bonds is 4. The number of carbonyl (C=O) groups is 1. The van der Waals surface area contributed by atoms with E-state index >= 15 is 0 Å². The molecule has 4 nitrogen and oxygen atoms in total. The highest BCUT2D eigenvalue weighted by Gasteiger charge is 2.53. The predicted octanol–water partition coefficient (Wildman–Crippen LogP) is 2.74. The van der Waals surface area contributed by atoms with E-state index < -0.39 is 0 Å². The number of pyridine rings is 1. The molecule has 2 aliphatic rings. The monoisotopic (exact) mass is 281 g/mol. The van der Waals surface area contributed by atoms with E-state index in [0.717, 1.165) is 23.4 Å². The van der Waals surface area contributed by atoms with Crippen molar-refractivity contribution in [3.8, 4) is 0 Å². The van der Waals surface area contributed by atoms with E-state index in [-0.39, 0.29) is 5.91 Å². The van der Waals surface area contributed by atoms with Crippen LogP contribution in [0, 0.1) is 11.3 Å². The van der Waals surface area contributed by atoms with E-state index in [1.165, 1.54) is 25.7 Å². The van der Waals surface area contributed by atoms with Gasteiger partial charge >= 0.3 is 0 Å². The molecule has 0 atom stereocenters. The van der Waals surface area contributed by atoms with Crippen molar-refractivity contribution in [3.05, 3.63) is 35.9 Å². The van der Waals surface area contributed by atoms with Crippen LogP contribution in [0.25, 0.3) is 10.9 Å². The zero-order chi connectivity index (χ0) is 14.4. The number of nitrogens with zero attached hydrogens (tertiary/aromatic N) is 1. The van der Waals surface area contributed by atoms with Gasteiger partial charge in [0.25, 0.3) is 5.91 Å². The van der Waals surface area contributed by atoms with Gasteiger partial charge in [-0.3, -0.25) is 4.79 Å². The number of hydrogen-bond acceptors (Lipinski definition) is 3. The zero-order valence-electron chi connectivity index (χ0n) is 11.9. The Morgan fingerprint density at radius 2 is 2.10 bits per heavy atom. The molecule has 108 valence electrons. The molecule has 0 spiro atoms. The smallest absolute Gasteiger partial charge is 0.252 e. The molecule has 0 aliphatic heterocycles. The highest BCUT2D eigenvalue weighted by molar-refractivity contribution is 6.06. The fourth-order valence-corrected chi connectivity index (χ4v) is 3.32. The molecule has 2 aromatic rings. The maximum Gasteiger partial charge on any atom is 0.252 e. The number of para-hydroxylation sites is 1. The van der Waals surface area contributed by atoms with Crippen LogP contribution in [0.1, 0.15) is 36.0 Å². The number of benzene rings is 1. The van der Waals surface area contributed by atoms with Crippen molar-refractivity contribution in [1.82, 2.24) is 10.3 Å². The topological polar surface area (TPSA) is 68.0 Å². The Balaban J connectivity index is 1.59. The van der Waals surface area contributed by atoms with Gasteiger partial charge in [-0.05, 0) is 49.1 Å². The van der Waals surface area contributed by atoms with Crippen LogP contribution in [0.4, 0.5) is 5.82 Å². The van der Waals surface area contributed by atoms with Crippen LogP contribution in [0.2, 0.25) is 0 Å². The number of hydrogen-bond donors (Lipinski definition) is 2. The minimum absolute atomic E-state index is 0.0350. The Morgan fingerprint density at radius 3 is 2.81 bits per heavy atom. The quantitative estimate of drug-likeness (QED) is 0.905. The Hall–Kier alpha value is -2.10. The normalized spacial score (nSPS) is 19.4. The summed E-state index contributed by atoms with van der Waals surface area (Å²) in [6.45, 7) is 0.799. The van der Waals surface area contributed by atoms with Gasteiger partial charge in [0.05, 0.1) is 11.1 Å². The van der Waals surface area contributed by atoms with Gasteiger partial charge in [-0.2, -0.15) is 0 Å². The molecule has 1 heterocycles. The molecule has 1 amide bonds. The first-order valence-electron chi connectivity index (χ1n) is 7.61. The SMILES string of the molecule is Nc1cc(C(=O)NCC2(C3CC3)CC2)c2ccccc2n1. The molecule has 0 saturated heterocycles. The molecule has 0 radical (unpaired) electrons. The van der Waals surface area contributed by atoms with Gasteiger partial charge in [-0.25, -0.2) is 4.98 Å². The van der Waals surface area contributed by atoms with Crippen molar-refractivity contribution in [2.75, 3.05) is 12.3 Å². The van der Waals surface area contributed by atoms with Gasteiger partial charge in [-0.1, -0.05) is 18.2 Å². The van der Waals surface area contributed by atoms with Crippen LogP contribution >= 0.6 is 0 Å². The number of carbonyl (C=O) groups excluding carboxylic acids is 1. The Labute approximate surface area is 123 Å². The first kappa shape index (κ1) is 12.6. The summed E-state index contributed by atoms with van der Waals surface area (Å²) in [7, 11) is 0. The molecule has 0 unspecified atom stereocenters. The molecule has 2 fully saturated rings. The summed E-state index contributed by atoms with van der Waals surface area (Å²) in [6.07, 6.45) is 5.19. The summed E-state index contributed by atoms with van der Waals surface area (Å²) in [6, 6.07) is 9.31. The van der Waals surface area contributed by atoms with Crippen molar-refractivity contribution in [1.29, 1.82) is 0 Å². The van der Waals surface area contributed by atoms with Crippen molar-refractivity contribution in [3.63, 3.8) is 0 Å². The molecule has 2 aliphatic carbocycles. The summed E-state index contributed by atoms with van der Waals surface area (Å²) >= 11 is 0. The summed E-state index contributed by atoms with van der Waals surface area (Å²) in [5.74, 6) is 1.20. The lowest BCUT2D eigenvalue weighted by molar-refractivity contribution is 0.0944. The molecule has 21 heavy (non-hydrogen) atoms. The number of aromatic nitrogens is 1. The third-order valence-corrected chi connectivity index (χ3v) is 4.92. The number of nitrogens with one attached hydrogen (secondary N) is 1. The number of nitrogens with two attached hydrogens (primary N) is 1. The van der Waals surface area contributed by atoms with Gasteiger partial charge in [0.2, 0.25) is 0 Å². The molecular weight excluding hydrogens is 262 g/mol. The molecule has 1 aromatic heterocycles. The molecule has 0 bridgehead atoms. The number of amides is 1. The van der Waals surface area contributed by atoms with Crippen LogP contribution in [0.3, 0.4) is 0 Å². The lowest BCUT2D eigenvalue weighted by Crippen LogP contribution is -2.31. The minimum atomic E-state index is -0.0350. The first-order valence-corrected chi connectivity index (χ1v) is 7.61. The van der Waals surface area contributed by atoms with E-state index in [2.05, 4.69) is 10.3 Å². The van der Waals surface area contributed by atoms with E-state index in [0.29, 0.717) is 16.8 Å². The van der Waals surface area contributed by atoms with Crippen LogP contribution in [-0.4, -0.2) is 17.4 Å². The van der Waals surface area contributed by atoms with E-state index in [1.54, 1.807) is 6.07 Å². The molecule has 3 N–H and O–H groups in total. The summed E-state index contributed by atoms with van der Waals surface area (Å²) in [4.78, 5) is 16.8. The molecule has 2 saturated carbocycles. The first-order chi connectivity index (χ1) is 10.2. The maximum atomic E-state index is 12.5. The van der Waals surface area contributed by atoms with E-state index in [4.69, 9.17) is 5.73 Å². The number of anilines is 1. The van der Waals surface area contributed by atoms with Gasteiger partial charge in [0, 0.05) is 11.9 Å². The van der Waals surface area contributed by atoms with Gasteiger partial charge in [-0.15, -0.1) is 0 Å². The summed E-state index contributed by atoms with van der Waals surface area (Å²) in [5, 5.41) is 3.98. The summed E-state index contributed by atoms with van der Waals surface area (Å²) in [5.41, 5.74) is 7.63. The highest BCUT2D eigenvalue weighted by atomic mass is 16.1. The van der Waals surface area contributed by atoms with Crippen molar-refractivity contribution in [2.24, 2.45) is 11.3 Å². The van der Waals surface area contributed by atoms with E-state index in [1.807, 2.05) is 24.3 Å². The molecule has 1 aromatic carbocycles. The van der Waals surface area contributed by atoms with Gasteiger partial charge in [0.1, 0.15) is 5.82 Å². The maximum absolute atomic E-state index is 12.5. The van der Waals surface area contributed by atoms with Crippen LogP contribution in [0.15, 0.2) is 30.3 Å². The lowest BCUT2D eigenvalue weighted by atomic mass is 10.0. The van der Waals surface area contributed by atoms with E-state index in [9.17, 15) is 4.79 Å². The Bertz CT molecular complexity index is 717. The lowest BCUT2D eigenvalue weighted by Gasteiger charge is -2.15. The number of fused-ring (bicyclic) bond motifs is 1. The molecule has 4 rings (SSSR count). The molecular formula is C17H19N3O. The highest BCUT2D eigenvalue weighted by Crippen LogP contribution is 2.60. The van der Waals surface area contributed by atoms with Gasteiger partial charge < -0.3 is 11.1 Å². The Morgan fingerprint density at radius 1 is 1.33 bits per heavy atom. The minimum Gasteiger partial charge on any atom is -0.384 e.